The monoisotopic (exact) mass is 756 g/mol. The van der Waals surface area contributed by atoms with Crippen LogP contribution in [0.5, 0.6) is 0 Å². The average molecular weight is 757 g/mol. The van der Waals surface area contributed by atoms with E-state index in [0.29, 0.717) is 0 Å². The molecular formula is C60H36. The predicted octanol–water partition coefficient (Wildman–Crippen LogP) is 17.0. The van der Waals surface area contributed by atoms with Gasteiger partial charge in [-0.2, -0.15) is 0 Å². The highest BCUT2D eigenvalue weighted by atomic mass is 14.3. The van der Waals surface area contributed by atoms with Gasteiger partial charge in [0.15, 0.2) is 0 Å². The first-order chi connectivity index (χ1) is 29.8. The first-order valence-electron chi connectivity index (χ1n) is 20.9. The fourth-order valence-electron chi connectivity index (χ4n) is 10.8. The number of rotatable bonds is 4. The Kier molecular flexibility index (Phi) is 7.11. The molecule has 0 aromatic heterocycles. The SMILES string of the molecule is c1ccc(-c2c3c(-c4cccc5ccccc45)c4ccccc4c(-c4cccc5ccccc45)c3c(-c3ccccc3)c3c4cccc5ccc6cccc(c23)c6c54)cc1. The van der Waals surface area contributed by atoms with Gasteiger partial charge in [0.1, 0.15) is 0 Å². The molecule has 0 saturated carbocycles. The Labute approximate surface area is 347 Å². The van der Waals surface area contributed by atoms with Gasteiger partial charge in [-0.15, -0.1) is 0 Å². The minimum absolute atomic E-state index is 1.21. The highest BCUT2D eigenvalue weighted by Crippen LogP contribution is 2.57. The van der Waals surface area contributed by atoms with E-state index in [9.17, 15) is 0 Å². The molecule has 13 aromatic carbocycles. The predicted molar refractivity (Wildman–Crippen MR) is 259 cm³/mol. The zero-order valence-electron chi connectivity index (χ0n) is 32.8. The van der Waals surface area contributed by atoms with E-state index in [0.717, 1.165) is 0 Å². The molecule has 276 valence electrons. The van der Waals surface area contributed by atoms with E-state index in [1.165, 1.54) is 131 Å². The molecule has 0 fully saturated rings. The molecule has 60 heavy (non-hydrogen) atoms. The summed E-state index contributed by atoms with van der Waals surface area (Å²) in [6.07, 6.45) is 0. The second-order valence-electron chi connectivity index (χ2n) is 16.2. The van der Waals surface area contributed by atoms with Crippen LogP contribution in [-0.4, -0.2) is 0 Å². The molecule has 0 aliphatic rings. The van der Waals surface area contributed by atoms with Crippen LogP contribution in [0, 0.1) is 0 Å². The zero-order valence-corrected chi connectivity index (χ0v) is 32.8. The van der Waals surface area contributed by atoms with Crippen LogP contribution in [0.4, 0.5) is 0 Å². The van der Waals surface area contributed by atoms with Crippen LogP contribution in [0.3, 0.4) is 0 Å². The third-order valence-corrected chi connectivity index (χ3v) is 13.1. The average Bonchev–Trinajstić information content (AvgIpc) is 3.32. The summed E-state index contributed by atoms with van der Waals surface area (Å²) in [4.78, 5) is 0. The third kappa shape index (κ3) is 4.62. The van der Waals surface area contributed by atoms with Crippen molar-refractivity contribution in [3.8, 4) is 44.5 Å². The zero-order chi connectivity index (χ0) is 39.3. The van der Waals surface area contributed by atoms with Crippen molar-refractivity contribution in [3.05, 3.63) is 218 Å². The maximum Gasteiger partial charge on any atom is -0.0000933 e. The Bertz CT molecular complexity index is 3590. The quantitative estimate of drug-likeness (QED) is 0.124. The molecule has 0 unspecified atom stereocenters. The Hall–Kier alpha value is -7.80. The van der Waals surface area contributed by atoms with Gasteiger partial charge in [0.2, 0.25) is 0 Å². The van der Waals surface area contributed by atoms with Gasteiger partial charge in [0, 0.05) is 0 Å². The standard InChI is InChI=1S/C60H36/c1-3-19-39(20-4-1)53-57-49-33-15-25-41-35-36-42-26-16-34-50(52(42)51(41)49)58(57)54(40-21-5-2-6-22-40)60-56(46-32-14-24-38-18-8-10-28-44(38)46)48-30-12-11-29-47(48)55(59(53)60)45-31-13-23-37-17-7-9-27-43(37)45/h1-36H. The molecule has 0 bridgehead atoms. The van der Waals surface area contributed by atoms with E-state index in [1.54, 1.807) is 0 Å². The van der Waals surface area contributed by atoms with Gasteiger partial charge in [0.25, 0.3) is 0 Å². The first kappa shape index (κ1) is 33.2. The van der Waals surface area contributed by atoms with Crippen molar-refractivity contribution in [2.45, 2.75) is 0 Å². The van der Waals surface area contributed by atoms with Crippen molar-refractivity contribution in [2.75, 3.05) is 0 Å². The summed E-state index contributed by atoms with van der Waals surface area (Å²) >= 11 is 0. The van der Waals surface area contributed by atoms with Crippen molar-refractivity contribution < 1.29 is 0 Å². The topological polar surface area (TPSA) is 0 Å². The van der Waals surface area contributed by atoms with Crippen molar-refractivity contribution in [1.29, 1.82) is 0 Å². The first-order valence-corrected chi connectivity index (χ1v) is 20.9. The second kappa shape index (κ2) is 12.9. The van der Waals surface area contributed by atoms with E-state index in [2.05, 4.69) is 218 Å². The van der Waals surface area contributed by atoms with Gasteiger partial charge in [-0.3, -0.25) is 0 Å². The summed E-state index contributed by atoms with van der Waals surface area (Å²) in [5.41, 5.74) is 9.99. The fourth-order valence-corrected chi connectivity index (χ4v) is 10.8. The molecule has 0 heterocycles. The molecule has 0 amide bonds. The minimum Gasteiger partial charge on any atom is -0.0622 e. The van der Waals surface area contributed by atoms with Crippen molar-refractivity contribution in [1.82, 2.24) is 0 Å². The molecule has 0 N–H and O–H groups in total. The number of fused-ring (bicyclic) bond motifs is 7. The molecule has 0 heteroatoms. The van der Waals surface area contributed by atoms with Crippen LogP contribution >= 0.6 is 0 Å². The maximum atomic E-state index is 2.38. The Balaban J connectivity index is 1.46. The molecule has 0 saturated heterocycles. The number of hydrogen-bond donors (Lipinski definition) is 0. The number of benzene rings is 13. The van der Waals surface area contributed by atoms with Crippen molar-refractivity contribution >= 4 is 86.2 Å². The Morgan fingerprint density at radius 2 is 0.500 bits per heavy atom. The van der Waals surface area contributed by atoms with Crippen LogP contribution in [0.1, 0.15) is 0 Å². The van der Waals surface area contributed by atoms with E-state index in [-0.39, 0.29) is 0 Å². The largest absolute Gasteiger partial charge is 0.0622 e. The lowest BCUT2D eigenvalue weighted by atomic mass is 9.74. The maximum absolute atomic E-state index is 2.38. The normalized spacial score (nSPS) is 12.0. The number of hydrogen-bond acceptors (Lipinski definition) is 0. The summed E-state index contributed by atoms with van der Waals surface area (Å²) in [5.74, 6) is 0. The summed E-state index contributed by atoms with van der Waals surface area (Å²) in [7, 11) is 0. The molecule has 13 aromatic rings. The molecule has 0 nitrogen and oxygen atoms in total. The molecule has 0 aliphatic carbocycles. The molecule has 0 radical (unpaired) electrons. The van der Waals surface area contributed by atoms with Gasteiger partial charge < -0.3 is 0 Å². The second-order valence-corrected chi connectivity index (χ2v) is 16.2. The van der Waals surface area contributed by atoms with Crippen LogP contribution in [0.15, 0.2) is 218 Å². The molecule has 0 atom stereocenters. The van der Waals surface area contributed by atoms with Gasteiger partial charge in [-0.1, -0.05) is 218 Å². The molecule has 13 rings (SSSR count). The van der Waals surface area contributed by atoms with Crippen molar-refractivity contribution in [2.24, 2.45) is 0 Å². The highest BCUT2D eigenvalue weighted by Gasteiger charge is 2.29. The summed E-state index contributed by atoms with van der Waals surface area (Å²) in [6, 6.07) is 81.6. The molecule has 0 spiro atoms. The molecular weight excluding hydrogens is 721 g/mol. The van der Waals surface area contributed by atoms with Crippen molar-refractivity contribution in [3.63, 3.8) is 0 Å². The summed E-state index contributed by atoms with van der Waals surface area (Å²) in [6.45, 7) is 0. The van der Waals surface area contributed by atoms with E-state index in [4.69, 9.17) is 0 Å². The van der Waals surface area contributed by atoms with E-state index >= 15 is 0 Å². The highest BCUT2D eigenvalue weighted by molar-refractivity contribution is 6.44. The van der Waals surface area contributed by atoms with Crippen LogP contribution < -0.4 is 0 Å². The smallest absolute Gasteiger partial charge is 0.0000933 e. The van der Waals surface area contributed by atoms with Crippen LogP contribution in [0.25, 0.3) is 131 Å². The fraction of sp³-hybridized carbons (Fsp3) is 0. The Morgan fingerprint density at radius 3 is 0.950 bits per heavy atom. The third-order valence-electron chi connectivity index (χ3n) is 13.1. The van der Waals surface area contributed by atoms with E-state index in [1.807, 2.05) is 0 Å². The van der Waals surface area contributed by atoms with Gasteiger partial charge in [-0.05, 0) is 131 Å². The lowest BCUT2D eigenvalue weighted by molar-refractivity contribution is 1.65. The minimum atomic E-state index is 1.21. The summed E-state index contributed by atoms with van der Waals surface area (Å²) < 4.78 is 0. The van der Waals surface area contributed by atoms with Crippen LogP contribution in [-0.2, 0) is 0 Å². The molecule has 0 aliphatic heterocycles. The van der Waals surface area contributed by atoms with E-state index < -0.39 is 0 Å². The van der Waals surface area contributed by atoms with Crippen LogP contribution in [0.2, 0.25) is 0 Å². The van der Waals surface area contributed by atoms with Gasteiger partial charge in [-0.25, -0.2) is 0 Å². The Morgan fingerprint density at radius 1 is 0.167 bits per heavy atom. The lowest BCUT2D eigenvalue weighted by Crippen LogP contribution is -2.00. The lowest BCUT2D eigenvalue weighted by Gasteiger charge is -2.28. The summed E-state index contributed by atoms with van der Waals surface area (Å²) in [5, 5.41) is 20.4. The van der Waals surface area contributed by atoms with Gasteiger partial charge >= 0.3 is 0 Å². The van der Waals surface area contributed by atoms with Gasteiger partial charge in [0.05, 0.1) is 0 Å².